The number of hydrogen-bond acceptors (Lipinski definition) is 5. The molecule has 7 nitrogen and oxygen atoms in total. The number of thiocarbonyl (C=S) groups is 1. The molecule has 0 radical (unpaired) electrons. The summed E-state index contributed by atoms with van der Waals surface area (Å²) in [7, 11) is 0. The Morgan fingerprint density at radius 1 is 1.07 bits per heavy atom. The van der Waals surface area contributed by atoms with Crippen LogP contribution in [0.2, 0.25) is 0 Å². The molecule has 0 fully saturated rings. The molecule has 0 heterocycles. The van der Waals surface area contributed by atoms with Gasteiger partial charge in [0.2, 0.25) is 0 Å². The van der Waals surface area contributed by atoms with E-state index in [4.69, 9.17) is 21.7 Å². The zero-order valence-corrected chi connectivity index (χ0v) is 19.1. The molecule has 0 bridgehead atoms. The SMILES string of the molecule is CC(C)CCOc1ccc(C(=O)NC(=S)NNC(=O)COc2ccccc2)cc1Br. The fraction of sp³-hybridized carbons (Fsp3) is 0.286. The van der Waals surface area contributed by atoms with Gasteiger partial charge in [-0.15, -0.1) is 0 Å². The highest BCUT2D eigenvalue weighted by Gasteiger charge is 2.12. The predicted molar refractivity (Wildman–Crippen MR) is 122 cm³/mol. The highest BCUT2D eigenvalue weighted by atomic mass is 79.9. The number of carbonyl (C=O) groups is 2. The van der Waals surface area contributed by atoms with Gasteiger partial charge in [0.15, 0.2) is 11.7 Å². The molecule has 2 rings (SSSR count). The third-order valence-electron chi connectivity index (χ3n) is 3.80. The third kappa shape index (κ3) is 8.38. The van der Waals surface area contributed by atoms with Crippen LogP contribution in [0.3, 0.4) is 0 Å². The molecular formula is C21H24BrN3O4S. The van der Waals surface area contributed by atoms with Gasteiger partial charge in [0.1, 0.15) is 11.5 Å². The van der Waals surface area contributed by atoms with Crippen LogP contribution in [-0.2, 0) is 4.79 Å². The number of hydrazine groups is 1. The Morgan fingerprint density at radius 2 is 1.80 bits per heavy atom. The molecule has 0 aliphatic rings. The van der Waals surface area contributed by atoms with E-state index in [0.29, 0.717) is 34.1 Å². The number of nitrogens with one attached hydrogen (secondary N) is 3. The molecule has 0 spiro atoms. The molecule has 2 aromatic rings. The van der Waals surface area contributed by atoms with Crippen molar-refractivity contribution in [3.8, 4) is 11.5 Å². The van der Waals surface area contributed by atoms with Crippen LogP contribution in [0.25, 0.3) is 0 Å². The fourth-order valence-electron chi connectivity index (χ4n) is 2.20. The number of halogens is 1. The second-order valence-corrected chi connectivity index (χ2v) is 8.00. The maximum absolute atomic E-state index is 12.3. The van der Waals surface area contributed by atoms with Crippen molar-refractivity contribution in [2.45, 2.75) is 20.3 Å². The topological polar surface area (TPSA) is 88.7 Å². The van der Waals surface area contributed by atoms with Crippen molar-refractivity contribution in [1.29, 1.82) is 0 Å². The average molecular weight is 494 g/mol. The summed E-state index contributed by atoms with van der Waals surface area (Å²) in [6, 6.07) is 13.9. The minimum atomic E-state index is -0.443. The fourth-order valence-corrected chi connectivity index (χ4v) is 2.84. The predicted octanol–water partition coefficient (Wildman–Crippen LogP) is 3.59. The van der Waals surface area contributed by atoms with Crippen molar-refractivity contribution in [1.82, 2.24) is 16.2 Å². The van der Waals surface area contributed by atoms with Crippen LogP contribution in [-0.4, -0.2) is 30.1 Å². The van der Waals surface area contributed by atoms with Gasteiger partial charge in [-0.2, -0.15) is 0 Å². The summed E-state index contributed by atoms with van der Waals surface area (Å²) in [6.45, 7) is 4.66. The van der Waals surface area contributed by atoms with E-state index in [1.54, 1.807) is 42.5 Å². The largest absolute Gasteiger partial charge is 0.492 e. The number of rotatable bonds is 8. The molecule has 160 valence electrons. The maximum atomic E-state index is 12.3. The molecule has 0 saturated carbocycles. The van der Waals surface area contributed by atoms with Crippen molar-refractivity contribution in [3.63, 3.8) is 0 Å². The lowest BCUT2D eigenvalue weighted by atomic mass is 10.1. The van der Waals surface area contributed by atoms with Gasteiger partial charge in [0.25, 0.3) is 11.8 Å². The van der Waals surface area contributed by atoms with Crippen LogP contribution >= 0.6 is 28.1 Å². The Bertz CT molecular complexity index is 878. The molecule has 2 aromatic carbocycles. The molecule has 0 aliphatic carbocycles. The minimum absolute atomic E-state index is 0.0403. The van der Waals surface area contributed by atoms with E-state index in [1.165, 1.54) is 0 Å². The highest BCUT2D eigenvalue weighted by Crippen LogP contribution is 2.26. The standard InChI is InChI=1S/C21H24BrN3O4S/c1-14(2)10-11-28-18-9-8-15(12-17(18)22)20(27)23-21(30)25-24-19(26)13-29-16-6-4-3-5-7-16/h3-9,12,14H,10-11,13H2,1-2H3,(H,24,26)(H2,23,25,27,30). The molecule has 0 atom stereocenters. The first-order valence-corrected chi connectivity index (χ1v) is 10.6. The lowest BCUT2D eigenvalue weighted by Crippen LogP contribution is -2.49. The molecule has 2 amide bonds. The Morgan fingerprint density at radius 3 is 2.47 bits per heavy atom. The van der Waals surface area contributed by atoms with Gasteiger partial charge in [0.05, 0.1) is 11.1 Å². The number of para-hydroxylation sites is 1. The van der Waals surface area contributed by atoms with Crippen LogP contribution in [0.4, 0.5) is 0 Å². The van der Waals surface area contributed by atoms with Crippen molar-refractivity contribution < 1.29 is 19.1 Å². The van der Waals surface area contributed by atoms with Crippen LogP contribution < -0.4 is 25.6 Å². The first kappa shape index (κ1) is 23.6. The maximum Gasteiger partial charge on any atom is 0.276 e. The molecule has 0 unspecified atom stereocenters. The van der Waals surface area contributed by atoms with Gasteiger partial charge in [0, 0.05) is 5.56 Å². The molecule has 30 heavy (non-hydrogen) atoms. The number of benzene rings is 2. The normalized spacial score (nSPS) is 10.3. The lowest BCUT2D eigenvalue weighted by Gasteiger charge is -2.13. The van der Waals surface area contributed by atoms with E-state index in [-0.39, 0.29) is 11.7 Å². The summed E-state index contributed by atoms with van der Waals surface area (Å²) in [4.78, 5) is 24.1. The minimum Gasteiger partial charge on any atom is -0.492 e. The van der Waals surface area contributed by atoms with Crippen LogP contribution in [0.15, 0.2) is 53.0 Å². The Hall–Kier alpha value is -2.65. The number of ether oxygens (including phenoxy) is 2. The first-order chi connectivity index (χ1) is 14.3. The van der Waals surface area contributed by atoms with Crippen LogP contribution in [0.1, 0.15) is 30.6 Å². The van der Waals surface area contributed by atoms with Gasteiger partial charge in [-0.05, 0) is 70.8 Å². The summed E-state index contributed by atoms with van der Waals surface area (Å²) in [5.74, 6) is 0.926. The second kappa shape index (κ2) is 12.1. The molecule has 0 aliphatic heterocycles. The third-order valence-corrected chi connectivity index (χ3v) is 4.63. The summed E-state index contributed by atoms with van der Waals surface area (Å²) in [5, 5.41) is 2.45. The van der Waals surface area contributed by atoms with Gasteiger partial charge in [-0.25, -0.2) is 0 Å². The zero-order chi connectivity index (χ0) is 21.9. The molecular weight excluding hydrogens is 470 g/mol. The van der Waals surface area contributed by atoms with Crippen LogP contribution in [0, 0.1) is 5.92 Å². The quantitative estimate of drug-likeness (QED) is 0.384. The molecule has 3 N–H and O–H groups in total. The lowest BCUT2D eigenvalue weighted by molar-refractivity contribution is -0.123. The monoisotopic (exact) mass is 493 g/mol. The molecule has 0 saturated heterocycles. The van der Waals surface area contributed by atoms with Crippen molar-refractivity contribution in [2.24, 2.45) is 5.92 Å². The molecule has 9 heteroatoms. The number of hydrogen-bond donors (Lipinski definition) is 3. The number of amides is 2. The zero-order valence-electron chi connectivity index (χ0n) is 16.7. The second-order valence-electron chi connectivity index (χ2n) is 6.73. The van der Waals surface area contributed by atoms with Gasteiger partial charge >= 0.3 is 0 Å². The van der Waals surface area contributed by atoms with Gasteiger partial charge < -0.3 is 9.47 Å². The van der Waals surface area contributed by atoms with Crippen molar-refractivity contribution in [2.75, 3.05) is 13.2 Å². The average Bonchev–Trinajstić information content (AvgIpc) is 2.72. The van der Waals surface area contributed by atoms with E-state index < -0.39 is 11.8 Å². The number of carbonyl (C=O) groups excluding carboxylic acids is 2. The first-order valence-electron chi connectivity index (χ1n) is 9.35. The smallest absolute Gasteiger partial charge is 0.276 e. The van der Waals surface area contributed by atoms with Gasteiger partial charge in [-0.3, -0.25) is 25.8 Å². The Kier molecular flexibility index (Phi) is 9.56. The van der Waals surface area contributed by atoms with Crippen molar-refractivity contribution >= 4 is 45.1 Å². The summed E-state index contributed by atoms with van der Waals surface area (Å²) in [6.07, 6.45) is 0.941. The van der Waals surface area contributed by atoms with E-state index in [0.717, 1.165) is 6.42 Å². The summed E-state index contributed by atoms with van der Waals surface area (Å²) in [5.41, 5.74) is 5.22. The highest BCUT2D eigenvalue weighted by molar-refractivity contribution is 9.10. The van der Waals surface area contributed by atoms with Crippen molar-refractivity contribution in [3.05, 3.63) is 58.6 Å². The Labute approximate surface area is 189 Å². The van der Waals surface area contributed by atoms with E-state index in [9.17, 15) is 9.59 Å². The Balaban J connectivity index is 1.76. The summed E-state index contributed by atoms with van der Waals surface area (Å²) >= 11 is 8.44. The van der Waals surface area contributed by atoms with Gasteiger partial charge in [-0.1, -0.05) is 32.0 Å². The summed E-state index contributed by atoms with van der Waals surface area (Å²) < 4.78 is 11.7. The molecule has 0 aromatic heterocycles. The van der Waals surface area contributed by atoms with E-state index in [2.05, 4.69) is 45.9 Å². The van der Waals surface area contributed by atoms with E-state index in [1.807, 2.05) is 6.07 Å². The van der Waals surface area contributed by atoms with E-state index >= 15 is 0 Å². The van der Waals surface area contributed by atoms with Crippen LogP contribution in [0.5, 0.6) is 11.5 Å².